The third-order valence-corrected chi connectivity index (χ3v) is 4.56. The molecule has 0 atom stereocenters. The lowest BCUT2D eigenvalue weighted by Crippen LogP contribution is -2.17. The Morgan fingerprint density at radius 3 is 2.29 bits per heavy atom. The maximum Gasteiger partial charge on any atom is 0.161 e. The molecular weight excluding hydrogens is 399 g/mol. The highest BCUT2D eigenvalue weighted by Crippen LogP contribution is 2.31. The Labute approximate surface area is 144 Å². The van der Waals surface area contributed by atoms with Crippen LogP contribution in [0.1, 0.15) is 33.4 Å². The van der Waals surface area contributed by atoms with Crippen LogP contribution in [0.4, 0.5) is 0 Å². The van der Waals surface area contributed by atoms with Crippen molar-refractivity contribution in [2.45, 2.75) is 33.1 Å². The highest BCUT2D eigenvalue weighted by atomic mass is 127. The van der Waals surface area contributed by atoms with Crippen LogP contribution < -0.4 is 4.74 Å². The molecule has 1 aromatic carbocycles. The third kappa shape index (κ3) is 3.86. The van der Waals surface area contributed by atoms with E-state index >= 15 is 0 Å². The summed E-state index contributed by atoms with van der Waals surface area (Å²) in [7, 11) is 0. The number of ether oxygens (including phenoxy) is 1. The fraction of sp³-hybridized carbons (Fsp3) is 0.375. The van der Waals surface area contributed by atoms with Crippen molar-refractivity contribution in [1.82, 2.24) is 9.97 Å². The molecule has 0 fully saturated rings. The number of nitrogens with zero attached hydrogens (tertiary/aromatic N) is 2. The topological polar surface area (TPSA) is 35.0 Å². The third-order valence-electron chi connectivity index (χ3n) is 2.94. The molecule has 1 aromatic heterocycles. The molecule has 0 unspecified atom stereocenters. The minimum Gasteiger partial charge on any atom is -0.494 e. The minimum absolute atomic E-state index is 0.0802. The van der Waals surface area contributed by atoms with Crippen molar-refractivity contribution < 1.29 is 4.74 Å². The lowest BCUT2D eigenvalue weighted by atomic mass is 9.92. The zero-order valence-electron chi connectivity index (χ0n) is 12.6. The molecule has 0 radical (unpaired) electrons. The molecular formula is C16H18ClIN2O. The summed E-state index contributed by atoms with van der Waals surface area (Å²) in [4.78, 5) is 9.11. The van der Waals surface area contributed by atoms with Crippen LogP contribution in [0.3, 0.4) is 0 Å². The predicted molar refractivity (Wildman–Crippen MR) is 95.1 cm³/mol. The van der Waals surface area contributed by atoms with E-state index < -0.39 is 0 Å². The van der Waals surface area contributed by atoms with Crippen molar-refractivity contribution in [3.63, 3.8) is 0 Å². The average molecular weight is 417 g/mol. The first-order valence-corrected chi connectivity index (χ1v) is 8.25. The van der Waals surface area contributed by atoms with Crippen LogP contribution in [0, 0.1) is 3.57 Å². The average Bonchev–Trinajstić information content (AvgIpc) is 2.41. The fourth-order valence-corrected chi connectivity index (χ4v) is 3.13. The minimum atomic E-state index is -0.0802. The summed E-state index contributed by atoms with van der Waals surface area (Å²) in [5.41, 5.74) is 1.82. The Bertz CT molecular complexity index is 636. The Morgan fingerprint density at radius 2 is 1.76 bits per heavy atom. The van der Waals surface area contributed by atoms with Crippen molar-refractivity contribution >= 4 is 34.2 Å². The molecule has 5 heteroatoms. The molecule has 0 amide bonds. The second-order valence-corrected chi connectivity index (χ2v) is 7.14. The van der Waals surface area contributed by atoms with Crippen molar-refractivity contribution in [2.75, 3.05) is 6.61 Å². The molecule has 0 saturated carbocycles. The molecule has 0 spiro atoms. The van der Waals surface area contributed by atoms with Crippen molar-refractivity contribution in [1.29, 1.82) is 0 Å². The Hall–Kier alpha value is -0.880. The molecule has 0 aliphatic rings. The van der Waals surface area contributed by atoms with Gasteiger partial charge >= 0.3 is 0 Å². The number of rotatable bonds is 3. The van der Waals surface area contributed by atoms with Crippen molar-refractivity contribution in [2.24, 2.45) is 0 Å². The Balaban J connectivity index is 2.47. The van der Waals surface area contributed by atoms with E-state index in [1.807, 2.05) is 31.2 Å². The first kappa shape index (κ1) is 16.5. The second-order valence-electron chi connectivity index (χ2n) is 5.71. The van der Waals surface area contributed by atoms with E-state index in [9.17, 15) is 0 Å². The smallest absolute Gasteiger partial charge is 0.161 e. The summed E-state index contributed by atoms with van der Waals surface area (Å²) in [5, 5.41) is 0.499. The molecule has 0 N–H and O–H groups in total. The summed E-state index contributed by atoms with van der Waals surface area (Å²) in [6.45, 7) is 8.98. The zero-order chi connectivity index (χ0) is 15.6. The van der Waals surface area contributed by atoms with Gasteiger partial charge in [-0.3, -0.25) is 0 Å². The summed E-state index contributed by atoms with van der Waals surface area (Å²) < 4.78 is 6.36. The summed E-state index contributed by atoms with van der Waals surface area (Å²) in [5.74, 6) is 1.49. The van der Waals surface area contributed by atoms with Gasteiger partial charge in [0.1, 0.15) is 10.9 Å². The van der Waals surface area contributed by atoms with Crippen molar-refractivity contribution in [3.05, 3.63) is 38.7 Å². The molecule has 0 aliphatic carbocycles. The predicted octanol–water partition coefficient (Wildman–Crippen LogP) is 5.10. The van der Waals surface area contributed by atoms with Gasteiger partial charge in [0.15, 0.2) is 5.82 Å². The van der Waals surface area contributed by atoms with E-state index in [0.717, 1.165) is 20.6 Å². The molecule has 0 saturated heterocycles. The van der Waals surface area contributed by atoms with Gasteiger partial charge in [0.25, 0.3) is 0 Å². The van der Waals surface area contributed by atoms with E-state index in [2.05, 4.69) is 48.3 Å². The van der Waals surface area contributed by atoms with E-state index in [0.29, 0.717) is 17.6 Å². The molecule has 3 nitrogen and oxygen atoms in total. The van der Waals surface area contributed by atoms with Gasteiger partial charge in [-0.15, -0.1) is 0 Å². The van der Waals surface area contributed by atoms with Crippen LogP contribution in [0.15, 0.2) is 24.3 Å². The second kappa shape index (κ2) is 6.48. The summed E-state index contributed by atoms with van der Waals surface area (Å²) in [6.07, 6.45) is 0. The Morgan fingerprint density at radius 1 is 1.14 bits per heavy atom. The SMILES string of the molecule is CCOc1ccc(-c2nc(Cl)c(I)c(C(C)(C)C)n2)cc1. The highest BCUT2D eigenvalue weighted by Gasteiger charge is 2.22. The number of aromatic nitrogens is 2. The van der Waals surface area contributed by atoms with Gasteiger partial charge in [-0.05, 0) is 53.8 Å². The fourth-order valence-electron chi connectivity index (χ4n) is 1.91. The van der Waals surface area contributed by atoms with E-state index in [-0.39, 0.29) is 5.41 Å². The van der Waals surface area contributed by atoms with Crippen LogP contribution in [-0.4, -0.2) is 16.6 Å². The van der Waals surface area contributed by atoms with Crippen molar-refractivity contribution in [3.8, 4) is 17.1 Å². The molecule has 2 aromatic rings. The normalized spacial score (nSPS) is 11.5. The van der Waals surface area contributed by atoms with Crippen LogP contribution in [0.25, 0.3) is 11.4 Å². The van der Waals surface area contributed by atoms with Gasteiger partial charge in [-0.25, -0.2) is 9.97 Å². The molecule has 1 heterocycles. The molecule has 112 valence electrons. The first-order valence-electron chi connectivity index (χ1n) is 6.79. The maximum absolute atomic E-state index is 6.27. The van der Waals surface area contributed by atoms with Gasteiger partial charge < -0.3 is 4.74 Å². The van der Waals surface area contributed by atoms with Gasteiger partial charge in [0, 0.05) is 11.0 Å². The molecule has 2 rings (SSSR count). The standard InChI is InChI=1S/C16H18ClIN2O/c1-5-21-11-8-6-10(7-9-11)15-19-13(16(2,3)4)12(18)14(17)20-15/h6-9H,5H2,1-4H3. The van der Waals surface area contributed by atoms with Crippen LogP contribution >= 0.6 is 34.2 Å². The van der Waals surface area contributed by atoms with Gasteiger partial charge in [-0.2, -0.15) is 0 Å². The summed E-state index contributed by atoms with van der Waals surface area (Å²) >= 11 is 8.48. The van der Waals surface area contributed by atoms with E-state index in [1.54, 1.807) is 0 Å². The highest BCUT2D eigenvalue weighted by molar-refractivity contribution is 14.1. The van der Waals surface area contributed by atoms with Crippen LogP contribution in [0.5, 0.6) is 5.75 Å². The van der Waals surface area contributed by atoms with Gasteiger partial charge in [0.2, 0.25) is 0 Å². The Kier molecular flexibility index (Phi) is 5.09. The van der Waals surface area contributed by atoms with Gasteiger partial charge in [-0.1, -0.05) is 32.4 Å². The maximum atomic E-state index is 6.27. The largest absolute Gasteiger partial charge is 0.494 e. The summed E-state index contributed by atoms with van der Waals surface area (Å²) in [6, 6.07) is 7.75. The quantitative estimate of drug-likeness (QED) is 0.516. The van der Waals surface area contributed by atoms with E-state index in [1.165, 1.54) is 0 Å². The number of halogens is 2. The van der Waals surface area contributed by atoms with Crippen LogP contribution in [-0.2, 0) is 5.41 Å². The van der Waals surface area contributed by atoms with E-state index in [4.69, 9.17) is 21.3 Å². The number of hydrogen-bond acceptors (Lipinski definition) is 3. The first-order chi connectivity index (χ1) is 9.82. The molecule has 21 heavy (non-hydrogen) atoms. The lowest BCUT2D eigenvalue weighted by Gasteiger charge is -2.20. The van der Waals surface area contributed by atoms with Crippen LogP contribution in [0.2, 0.25) is 5.15 Å². The van der Waals surface area contributed by atoms with Gasteiger partial charge in [0.05, 0.1) is 15.9 Å². The molecule has 0 aliphatic heterocycles. The number of hydrogen-bond donors (Lipinski definition) is 0. The monoisotopic (exact) mass is 416 g/mol. The zero-order valence-corrected chi connectivity index (χ0v) is 15.5. The molecule has 0 bridgehead atoms. The number of benzene rings is 1. The lowest BCUT2D eigenvalue weighted by molar-refractivity contribution is 0.340.